The molecule has 0 aliphatic carbocycles. The van der Waals surface area contributed by atoms with Gasteiger partial charge >= 0.3 is 0 Å². The van der Waals surface area contributed by atoms with Gasteiger partial charge in [0, 0.05) is 7.05 Å². The van der Waals surface area contributed by atoms with Gasteiger partial charge in [-0.3, -0.25) is 0 Å². The maximum Gasteiger partial charge on any atom is 0.203 e. The highest BCUT2D eigenvalue weighted by molar-refractivity contribution is 5.61. The Kier molecular flexibility index (Phi) is 3.73. The third-order valence-electron chi connectivity index (χ3n) is 3.70. The molecule has 0 aliphatic rings. The molecule has 0 saturated heterocycles. The molecule has 1 unspecified atom stereocenters. The number of hydrogen-bond donors (Lipinski definition) is 1. The molecule has 1 aromatic heterocycles. The zero-order chi connectivity index (χ0) is 14.7. The Hall–Kier alpha value is -2.55. The molecule has 106 valence electrons. The van der Waals surface area contributed by atoms with Crippen LogP contribution in [0.25, 0.3) is 11.3 Å². The van der Waals surface area contributed by atoms with Crippen LogP contribution < -0.4 is 5.32 Å². The van der Waals surface area contributed by atoms with Gasteiger partial charge in [-0.25, -0.2) is 4.98 Å². The summed E-state index contributed by atoms with van der Waals surface area (Å²) in [5.41, 5.74) is 3.54. The van der Waals surface area contributed by atoms with Gasteiger partial charge in [-0.1, -0.05) is 60.7 Å². The lowest BCUT2D eigenvalue weighted by molar-refractivity contribution is 0.826. The minimum Gasteiger partial charge on any atom is -0.349 e. The second-order valence-corrected chi connectivity index (χ2v) is 5.17. The van der Waals surface area contributed by atoms with E-state index >= 15 is 0 Å². The van der Waals surface area contributed by atoms with Crippen molar-refractivity contribution in [2.75, 3.05) is 5.32 Å². The van der Waals surface area contributed by atoms with Crippen molar-refractivity contribution in [2.45, 2.75) is 13.0 Å². The van der Waals surface area contributed by atoms with Crippen LogP contribution >= 0.6 is 0 Å². The Morgan fingerprint density at radius 1 is 0.952 bits per heavy atom. The molecule has 3 nitrogen and oxygen atoms in total. The first-order valence-corrected chi connectivity index (χ1v) is 7.14. The van der Waals surface area contributed by atoms with Crippen LogP contribution in [-0.4, -0.2) is 9.55 Å². The Morgan fingerprint density at radius 2 is 1.57 bits per heavy atom. The normalized spacial score (nSPS) is 12.1. The van der Waals surface area contributed by atoms with Gasteiger partial charge in [0.05, 0.1) is 17.9 Å². The molecule has 2 aromatic carbocycles. The van der Waals surface area contributed by atoms with Crippen molar-refractivity contribution in [3.8, 4) is 11.3 Å². The van der Waals surface area contributed by atoms with E-state index in [1.54, 1.807) is 0 Å². The second-order valence-electron chi connectivity index (χ2n) is 5.17. The highest BCUT2D eigenvalue weighted by Gasteiger charge is 2.11. The fraction of sp³-hybridized carbons (Fsp3) is 0.167. The van der Waals surface area contributed by atoms with E-state index in [4.69, 9.17) is 0 Å². The predicted molar refractivity (Wildman–Crippen MR) is 87.1 cm³/mol. The van der Waals surface area contributed by atoms with Crippen molar-refractivity contribution in [3.05, 3.63) is 72.4 Å². The summed E-state index contributed by atoms with van der Waals surface area (Å²) in [5, 5.41) is 3.47. The van der Waals surface area contributed by atoms with Crippen LogP contribution in [0.3, 0.4) is 0 Å². The van der Waals surface area contributed by atoms with E-state index in [0.29, 0.717) is 0 Å². The Labute approximate surface area is 125 Å². The van der Waals surface area contributed by atoms with Crippen LogP contribution in [-0.2, 0) is 7.05 Å². The smallest absolute Gasteiger partial charge is 0.203 e. The van der Waals surface area contributed by atoms with Gasteiger partial charge in [-0.05, 0) is 18.1 Å². The van der Waals surface area contributed by atoms with Crippen molar-refractivity contribution in [1.82, 2.24) is 9.55 Å². The molecule has 0 bridgehead atoms. The maximum atomic E-state index is 4.51. The van der Waals surface area contributed by atoms with Crippen LogP contribution in [0.4, 0.5) is 5.95 Å². The minimum absolute atomic E-state index is 0.218. The maximum absolute atomic E-state index is 4.51. The molecule has 1 heterocycles. The van der Waals surface area contributed by atoms with E-state index in [0.717, 1.165) is 11.6 Å². The standard InChI is InChI=1S/C18H19N3/c1-14(15-9-5-3-6-10-15)20-18-19-13-17(21(18)2)16-11-7-4-8-12-16/h3-14H,1-2H3,(H,19,20). The SMILES string of the molecule is CC(Nc1ncc(-c2ccccc2)n1C)c1ccccc1. The third kappa shape index (κ3) is 2.82. The fourth-order valence-electron chi connectivity index (χ4n) is 2.44. The van der Waals surface area contributed by atoms with Crippen LogP contribution in [0, 0.1) is 0 Å². The molecule has 0 radical (unpaired) electrons. The van der Waals surface area contributed by atoms with E-state index in [-0.39, 0.29) is 6.04 Å². The van der Waals surface area contributed by atoms with E-state index < -0.39 is 0 Å². The third-order valence-corrected chi connectivity index (χ3v) is 3.70. The predicted octanol–water partition coefficient (Wildman–Crippen LogP) is 4.26. The Balaban J connectivity index is 1.83. The zero-order valence-electron chi connectivity index (χ0n) is 12.3. The molecule has 3 heteroatoms. The summed E-state index contributed by atoms with van der Waals surface area (Å²) in [6.45, 7) is 2.15. The largest absolute Gasteiger partial charge is 0.349 e. The average molecular weight is 277 g/mol. The lowest BCUT2D eigenvalue weighted by Gasteiger charge is -2.15. The molecule has 0 saturated carbocycles. The van der Waals surface area contributed by atoms with Crippen molar-refractivity contribution in [3.63, 3.8) is 0 Å². The summed E-state index contributed by atoms with van der Waals surface area (Å²) in [4.78, 5) is 4.51. The topological polar surface area (TPSA) is 29.9 Å². The molecular formula is C18H19N3. The molecule has 3 aromatic rings. The van der Waals surface area contributed by atoms with Crippen molar-refractivity contribution in [1.29, 1.82) is 0 Å². The summed E-state index contributed by atoms with van der Waals surface area (Å²) >= 11 is 0. The lowest BCUT2D eigenvalue weighted by Crippen LogP contribution is -2.10. The molecular weight excluding hydrogens is 258 g/mol. The van der Waals surface area contributed by atoms with E-state index in [2.05, 4.69) is 58.2 Å². The van der Waals surface area contributed by atoms with E-state index in [9.17, 15) is 0 Å². The molecule has 0 amide bonds. The fourth-order valence-corrected chi connectivity index (χ4v) is 2.44. The number of anilines is 1. The van der Waals surface area contributed by atoms with Crippen molar-refractivity contribution >= 4 is 5.95 Å². The van der Waals surface area contributed by atoms with Gasteiger partial charge < -0.3 is 9.88 Å². The highest BCUT2D eigenvalue weighted by atomic mass is 15.2. The van der Waals surface area contributed by atoms with Gasteiger partial charge in [0.1, 0.15) is 0 Å². The first-order valence-electron chi connectivity index (χ1n) is 7.14. The van der Waals surface area contributed by atoms with Gasteiger partial charge in [0.15, 0.2) is 0 Å². The first-order chi connectivity index (χ1) is 10.3. The number of rotatable bonds is 4. The Morgan fingerprint density at radius 3 is 2.24 bits per heavy atom. The summed E-state index contributed by atoms with van der Waals surface area (Å²) in [6, 6.07) is 20.9. The average Bonchev–Trinajstić information content (AvgIpc) is 2.90. The molecule has 1 N–H and O–H groups in total. The lowest BCUT2D eigenvalue weighted by atomic mass is 10.1. The van der Waals surface area contributed by atoms with Gasteiger partial charge in [0.25, 0.3) is 0 Å². The zero-order valence-corrected chi connectivity index (χ0v) is 12.3. The number of nitrogens with zero attached hydrogens (tertiary/aromatic N) is 2. The minimum atomic E-state index is 0.218. The summed E-state index contributed by atoms with van der Waals surface area (Å²) in [5.74, 6) is 0.880. The highest BCUT2D eigenvalue weighted by Crippen LogP contribution is 2.24. The van der Waals surface area contributed by atoms with Crippen LogP contribution in [0.1, 0.15) is 18.5 Å². The number of imidazole rings is 1. The monoisotopic (exact) mass is 277 g/mol. The van der Waals surface area contributed by atoms with Crippen molar-refractivity contribution < 1.29 is 0 Å². The summed E-state index contributed by atoms with van der Waals surface area (Å²) < 4.78 is 2.09. The molecule has 0 spiro atoms. The summed E-state index contributed by atoms with van der Waals surface area (Å²) in [7, 11) is 2.04. The van der Waals surface area contributed by atoms with Crippen LogP contribution in [0.2, 0.25) is 0 Å². The summed E-state index contributed by atoms with van der Waals surface area (Å²) in [6.07, 6.45) is 1.91. The molecule has 21 heavy (non-hydrogen) atoms. The van der Waals surface area contributed by atoms with Gasteiger partial charge in [-0.2, -0.15) is 0 Å². The molecule has 0 aliphatic heterocycles. The second kappa shape index (κ2) is 5.83. The van der Waals surface area contributed by atoms with E-state index in [1.807, 2.05) is 37.5 Å². The number of aromatic nitrogens is 2. The van der Waals surface area contributed by atoms with Crippen LogP contribution in [0.15, 0.2) is 66.9 Å². The molecule has 0 fully saturated rings. The Bertz CT molecular complexity index is 702. The van der Waals surface area contributed by atoms with E-state index in [1.165, 1.54) is 11.1 Å². The van der Waals surface area contributed by atoms with Crippen LogP contribution in [0.5, 0.6) is 0 Å². The number of hydrogen-bond acceptors (Lipinski definition) is 2. The molecule has 1 atom stereocenters. The van der Waals surface area contributed by atoms with Gasteiger partial charge in [0.2, 0.25) is 5.95 Å². The quantitative estimate of drug-likeness (QED) is 0.772. The van der Waals surface area contributed by atoms with Crippen molar-refractivity contribution in [2.24, 2.45) is 7.05 Å². The molecule has 3 rings (SSSR count). The first kappa shape index (κ1) is 13.4. The number of benzene rings is 2. The number of nitrogens with one attached hydrogen (secondary N) is 1. The van der Waals surface area contributed by atoms with Gasteiger partial charge in [-0.15, -0.1) is 0 Å².